The lowest BCUT2D eigenvalue weighted by molar-refractivity contribution is 0.0656. The van der Waals surface area contributed by atoms with Gasteiger partial charge in [0.1, 0.15) is 0 Å². The highest BCUT2D eigenvalue weighted by molar-refractivity contribution is 6.22. The van der Waals surface area contributed by atoms with Crippen molar-refractivity contribution in [3.8, 4) is 0 Å². The molecule has 3 aromatic rings. The van der Waals surface area contributed by atoms with Crippen LogP contribution < -0.4 is 10.2 Å². The van der Waals surface area contributed by atoms with Gasteiger partial charge in [-0.3, -0.25) is 24.2 Å². The van der Waals surface area contributed by atoms with Gasteiger partial charge in [-0.2, -0.15) is 0 Å². The molecule has 2 aliphatic heterocycles. The number of anilines is 1. The van der Waals surface area contributed by atoms with E-state index in [0.29, 0.717) is 36.2 Å². The zero-order valence-electron chi connectivity index (χ0n) is 20.9. The monoisotopic (exact) mass is 496 g/mol. The molecule has 0 atom stereocenters. The number of nitrogens with one attached hydrogen (secondary N) is 1. The second-order valence-electron chi connectivity index (χ2n) is 9.53. The largest absolute Gasteiger partial charge is 0.369 e. The molecule has 0 aliphatic carbocycles. The van der Waals surface area contributed by atoms with Gasteiger partial charge < -0.3 is 10.2 Å². The molecule has 2 heterocycles. The third kappa shape index (κ3) is 5.73. The number of hydrogen-bond donors (Lipinski definition) is 1. The lowest BCUT2D eigenvalue weighted by Gasteiger charge is -2.36. The van der Waals surface area contributed by atoms with E-state index < -0.39 is 0 Å². The molecule has 0 aromatic heterocycles. The van der Waals surface area contributed by atoms with Crippen molar-refractivity contribution in [2.45, 2.75) is 12.8 Å². The van der Waals surface area contributed by atoms with Crippen molar-refractivity contribution in [3.63, 3.8) is 0 Å². The molecule has 0 saturated carbocycles. The fourth-order valence-electron chi connectivity index (χ4n) is 5.00. The van der Waals surface area contributed by atoms with E-state index >= 15 is 0 Å². The molecular formula is C30H32N4O3. The van der Waals surface area contributed by atoms with Gasteiger partial charge in [0.05, 0.1) is 11.1 Å². The Hall–Kier alpha value is -3.97. The maximum atomic E-state index is 12.9. The first kappa shape index (κ1) is 24.7. The smallest absolute Gasteiger partial charge is 0.261 e. The average Bonchev–Trinajstić information content (AvgIpc) is 3.19. The lowest BCUT2D eigenvalue weighted by atomic mass is 10.1. The first-order valence-electron chi connectivity index (χ1n) is 12.9. The van der Waals surface area contributed by atoms with Crippen LogP contribution in [0.15, 0.2) is 78.9 Å². The number of benzene rings is 3. The van der Waals surface area contributed by atoms with Crippen LogP contribution in [0.25, 0.3) is 0 Å². The molecule has 7 heteroatoms. The number of carbonyl (C=O) groups is 3. The Morgan fingerprint density at radius 1 is 0.757 bits per heavy atom. The number of hydrogen-bond acceptors (Lipinski definition) is 5. The fourth-order valence-corrected chi connectivity index (χ4v) is 5.00. The summed E-state index contributed by atoms with van der Waals surface area (Å²) in [5.74, 6) is -0.852. The molecule has 3 amide bonds. The van der Waals surface area contributed by atoms with Crippen LogP contribution in [0, 0.1) is 0 Å². The number of nitrogens with zero attached hydrogens (tertiary/aromatic N) is 3. The second-order valence-corrected chi connectivity index (χ2v) is 9.53. The zero-order chi connectivity index (χ0) is 25.6. The van der Waals surface area contributed by atoms with Crippen molar-refractivity contribution in [3.05, 3.63) is 101 Å². The minimum Gasteiger partial charge on any atom is -0.369 e. The van der Waals surface area contributed by atoms with Crippen molar-refractivity contribution in [2.24, 2.45) is 0 Å². The Morgan fingerprint density at radius 3 is 2.16 bits per heavy atom. The first-order valence-corrected chi connectivity index (χ1v) is 12.9. The van der Waals surface area contributed by atoms with Crippen LogP contribution in [0.2, 0.25) is 0 Å². The number of rotatable bonds is 9. The Bertz CT molecular complexity index is 1250. The second kappa shape index (κ2) is 11.4. The third-order valence-corrected chi connectivity index (χ3v) is 7.13. The Balaban J connectivity index is 1.08. The Morgan fingerprint density at radius 2 is 1.43 bits per heavy atom. The van der Waals surface area contributed by atoms with Crippen LogP contribution in [0.5, 0.6) is 0 Å². The van der Waals surface area contributed by atoms with E-state index in [-0.39, 0.29) is 17.7 Å². The molecule has 1 N–H and O–H groups in total. The quantitative estimate of drug-likeness (QED) is 0.363. The minimum atomic E-state index is -0.333. The van der Waals surface area contributed by atoms with Gasteiger partial charge in [-0.1, -0.05) is 48.5 Å². The highest BCUT2D eigenvalue weighted by atomic mass is 16.2. The van der Waals surface area contributed by atoms with Crippen LogP contribution in [-0.2, 0) is 6.42 Å². The van der Waals surface area contributed by atoms with E-state index in [1.807, 2.05) is 36.4 Å². The van der Waals surface area contributed by atoms with Crippen molar-refractivity contribution in [2.75, 3.05) is 50.7 Å². The maximum Gasteiger partial charge on any atom is 0.261 e. The molecule has 7 nitrogen and oxygen atoms in total. The zero-order valence-corrected chi connectivity index (χ0v) is 20.9. The SMILES string of the molecule is O=C(NCCCN1CCN(c2ccccc2)CC1)c1ccc2c(c1)C(=O)N(CCc1ccccc1)C2=O. The van der Waals surface area contributed by atoms with Crippen LogP contribution in [0.4, 0.5) is 5.69 Å². The first-order chi connectivity index (χ1) is 18.1. The van der Waals surface area contributed by atoms with Gasteiger partial charge in [-0.25, -0.2) is 0 Å². The van der Waals surface area contributed by atoms with Gasteiger partial charge in [-0.15, -0.1) is 0 Å². The molecule has 0 radical (unpaired) electrons. The average molecular weight is 497 g/mol. The minimum absolute atomic E-state index is 0.223. The van der Waals surface area contributed by atoms with Gasteiger partial charge in [0.15, 0.2) is 0 Å². The number of piperazine rings is 1. The lowest BCUT2D eigenvalue weighted by Crippen LogP contribution is -2.47. The molecule has 0 bridgehead atoms. The number of imide groups is 1. The van der Waals surface area contributed by atoms with Crippen LogP contribution in [0.3, 0.4) is 0 Å². The summed E-state index contributed by atoms with van der Waals surface area (Å²) in [4.78, 5) is 44.5. The summed E-state index contributed by atoms with van der Waals surface area (Å²) in [5, 5.41) is 2.96. The van der Waals surface area contributed by atoms with Gasteiger partial charge in [0.2, 0.25) is 0 Å². The molecule has 0 spiro atoms. The number of fused-ring (bicyclic) bond motifs is 1. The van der Waals surface area contributed by atoms with Crippen LogP contribution >= 0.6 is 0 Å². The van der Waals surface area contributed by atoms with E-state index in [4.69, 9.17) is 0 Å². The summed E-state index contributed by atoms with van der Waals surface area (Å²) in [5.41, 5.74) is 3.41. The molecule has 3 aromatic carbocycles. The maximum absolute atomic E-state index is 12.9. The number of carbonyl (C=O) groups excluding carboxylic acids is 3. The topological polar surface area (TPSA) is 73.0 Å². The summed E-state index contributed by atoms with van der Waals surface area (Å²) in [6.45, 7) is 5.81. The highest BCUT2D eigenvalue weighted by Gasteiger charge is 2.35. The molecule has 0 unspecified atom stereocenters. The van der Waals surface area contributed by atoms with E-state index in [1.165, 1.54) is 10.6 Å². The summed E-state index contributed by atoms with van der Waals surface area (Å²) < 4.78 is 0. The molecular weight excluding hydrogens is 464 g/mol. The normalized spacial score (nSPS) is 15.7. The Kier molecular flexibility index (Phi) is 7.61. The predicted octanol–water partition coefficient (Wildman–Crippen LogP) is 3.47. The van der Waals surface area contributed by atoms with E-state index in [2.05, 4.69) is 39.4 Å². The summed E-state index contributed by atoms with van der Waals surface area (Å²) >= 11 is 0. The number of para-hydroxylation sites is 1. The molecule has 1 fully saturated rings. The van der Waals surface area contributed by atoms with Crippen LogP contribution in [0.1, 0.15) is 43.1 Å². The van der Waals surface area contributed by atoms with Crippen molar-refractivity contribution in [1.29, 1.82) is 0 Å². The Labute approximate surface area is 217 Å². The molecule has 190 valence electrons. The highest BCUT2D eigenvalue weighted by Crippen LogP contribution is 2.24. The van der Waals surface area contributed by atoms with E-state index in [9.17, 15) is 14.4 Å². The summed E-state index contributed by atoms with van der Waals surface area (Å²) in [6, 6.07) is 25.0. The molecule has 2 aliphatic rings. The van der Waals surface area contributed by atoms with Crippen molar-refractivity contribution in [1.82, 2.24) is 15.1 Å². The van der Waals surface area contributed by atoms with Gasteiger partial charge >= 0.3 is 0 Å². The molecule has 37 heavy (non-hydrogen) atoms. The summed E-state index contributed by atoms with van der Waals surface area (Å²) in [6.07, 6.45) is 1.45. The standard InChI is InChI=1S/C30H32N4O3/c35-28(31-15-7-16-32-18-20-33(21-19-32)25-10-5-2-6-11-25)24-12-13-26-27(22-24)30(37)34(29(26)36)17-14-23-8-3-1-4-9-23/h1-6,8-13,22H,7,14-21H2,(H,31,35). The van der Waals surface area contributed by atoms with Gasteiger partial charge in [-0.05, 0) is 55.3 Å². The summed E-state index contributed by atoms with van der Waals surface area (Å²) in [7, 11) is 0. The van der Waals surface area contributed by atoms with E-state index in [1.54, 1.807) is 18.2 Å². The molecule has 5 rings (SSSR count). The fraction of sp³-hybridized carbons (Fsp3) is 0.300. The molecule has 1 saturated heterocycles. The van der Waals surface area contributed by atoms with Crippen molar-refractivity contribution < 1.29 is 14.4 Å². The van der Waals surface area contributed by atoms with Crippen LogP contribution in [-0.4, -0.2) is 73.3 Å². The number of amides is 3. The predicted molar refractivity (Wildman–Crippen MR) is 144 cm³/mol. The van der Waals surface area contributed by atoms with Gasteiger partial charge in [0, 0.05) is 50.5 Å². The van der Waals surface area contributed by atoms with Gasteiger partial charge in [0.25, 0.3) is 17.7 Å². The van der Waals surface area contributed by atoms with E-state index in [0.717, 1.165) is 44.7 Å². The third-order valence-electron chi connectivity index (χ3n) is 7.13. The van der Waals surface area contributed by atoms with Crippen molar-refractivity contribution >= 4 is 23.4 Å².